The fourth-order valence-electron chi connectivity index (χ4n) is 1.55. The van der Waals surface area contributed by atoms with E-state index >= 15 is 0 Å². The second-order valence-corrected chi connectivity index (χ2v) is 6.26. The summed E-state index contributed by atoms with van der Waals surface area (Å²) in [4.78, 5) is 17.5. The van der Waals surface area contributed by atoms with Crippen molar-refractivity contribution in [2.45, 2.75) is 26.4 Å². The summed E-state index contributed by atoms with van der Waals surface area (Å²) < 4.78 is 5.46. The zero-order chi connectivity index (χ0) is 11.5. The van der Waals surface area contributed by atoms with E-state index in [-0.39, 0.29) is 11.9 Å². The van der Waals surface area contributed by atoms with Gasteiger partial charge in [-0.05, 0) is 13.8 Å². The van der Waals surface area contributed by atoms with Gasteiger partial charge in [0, 0.05) is 16.4 Å². The molecule has 1 atom stereocenters. The summed E-state index contributed by atoms with van der Waals surface area (Å²) in [6.07, 6.45) is 0.202. The molecule has 1 unspecified atom stereocenters. The van der Waals surface area contributed by atoms with E-state index < -0.39 is 0 Å². The summed E-state index contributed by atoms with van der Waals surface area (Å²) in [6.45, 7) is 4.71. The van der Waals surface area contributed by atoms with Crippen molar-refractivity contribution in [2.24, 2.45) is 0 Å². The first kappa shape index (κ1) is 12.1. The van der Waals surface area contributed by atoms with Crippen molar-refractivity contribution in [3.63, 3.8) is 0 Å². The molecule has 1 aliphatic rings. The lowest BCUT2D eigenvalue weighted by Gasteiger charge is -2.20. The van der Waals surface area contributed by atoms with Gasteiger partial charge in [-0.15, -0.1) is 11.3 Å². The lowest BCUT2D eigenvalue weighted by molar-refractivity contribution is -0.128. The molecule has 0 radical (unpaired) electrons. The highest BCUT2D eigenvalue weighted by Gasteiger charge is 2.23. The predicted octanol–water partition coefficient (Wildman–Crippen LogP) is 2.00. The van der Waals surface area contributed by atoms with Gasteiger partial charge in [0.05, 0.1) is 18.7 Å². The Morgan fingerprint density at radius 3 is 2.94 bits per heavy atom. The summed E-state index contributed by atoms with van der Waals surface area (Å²) >= 11 is 3.40. The van der Waals surface area contributed by atoms with Gasteiger partial charge in [-0.1, -0.05) is 0 Å². The number of rotatable bonds is 3. The van der Waals surface area contributed by atoms with Crippen LogP contribution in [0.5, 0.6) is 0 Å². The van der Waals surface area contributed by atoms with Crippen LogP contribution in [-0.2, 0) is 16.0 Å². The molecule has 2 heterocycles. The molecule has 1 aromatic rings. The predicted molar refractivity (Wildman–Crippen MR) is 67.4 cm³/mol. The summed E-state index contributed by atoms with van der Waals surface area (Å²) in [7, 11) is 0. The number of ketones is 1. The maximum absolute atomic E-state index is 11.9. The van der Waals surface area contributed by atoms with Crippen LogP contribution in [0.2, 0.25) is 0 Å². The van der Waals surface area contributed by atoms with Gasteiger partial charge in [-0.3, -0.25) is 4.79 Å². The van der Waals surface area contributed by atoms with Crippen LogP contribution in [0.15, 0.2) is 0 Å². The Morgan fingerprint density at radius 2 is 2.38 bits per heavy atom. The lowest BCUT2D eigenvalue weighted by Crippen LogP contribution is -2.32. The van der Waals surface area contributed by atoms with E-state index in [1.54, 1.807) is 23.1 Å². The Morgan fingerprint density at radius 1 is 1.56 bits per heavy atom. The fraction of sp³-hybridized carbons (Fsp3) is 0.636. The molecule has 16 heavy (non-hydrogen) atoms. The highest BCUT2D eigenvalue weighted by atomic mass is 32.2. The van der Waals surface area contributed by atoms with E-state index in [4.69, 9.17) is 4.74 Å². The number of thiazole rings is 1. The Bertz CT molecular complexity index is 364. The lowest BCUT2D eigenvalue weighted by atomic mass is 10.2. The summed E-state index contributed by atoms with van der Waals surface area (Å²) in [6, 6.07) is 0. The van der Waals surface area contributed by atoms with Gasteiger partial charge in [-0.2, -0.15) is 11.8 Å². The molecule has 0 bridgehead atoms. The second-order valence-electron chi connectivity index (χ2n) is 3.83. The maximum Gasteiger partial charge on any atom is 0.169 e. The van der Waals surface area contributed by atoms with Crippen LogP contribution in [0.4, 0.5) is 0 Å². The third kappa shape index (κ3) is 2.84. The molecule has 1 aromatic heterocycles. The van der Waals surface area contributed by atoms with Crippen molar-refractivity contribution in [2.75, 3.05) is 18.1 Å². The molecule has 5 heteroatoms. The Labute approximate surface area is 104 Å². The molecule has 0 amide bonds. The average Bonchev–Trinajstić information content (AvgIpc) is 2.59. The minimum atomic E-state index is -0.219. The molecule has 0 N–H and O–H groups in total. The third-order valence-corrected chi connectivity index (χ3v) is 4.64. The van der Waals surface area contributed by atoms with Crippen molar-refractivity contribution in [3.8, 4) is 0 Å². The smallest absolute Gasteiger partial charge is 0.169 e. The number of aryl methyl sites for hydroxylation is 2. The summed E-state index contributed by atoms with van der Waals surface area (Å²) in [5.41, 5.74) is 1.03. The molecule has 2 rings (SSSR count). The number of hydrogen-bond donors (Lipinski definition) is 0. The van der Waals surface area contributed by atoms with Gasteiger partial charge in [-0.25, -0.2) is 4.98 Å². The minimum Gasteiger partial charge on any atom is -0.369 e. The van der Waals surface area contributed by atoms with E-state index in [0.717, 1.165) is 22.2 Å². The fourth-order valence-corrected chi connectivity index (χ4v) is 3.37. The molecule has 0 saturated carbocycles. The van der Waals surface area contributed by atoms with E-state index in [0.29, 0.717) is 13.0 Å². The molecule has 3 nitrogen and oxygen atoms in total. The van der Waals surface area contributed by atoms with E-state index in [2.05, 4.69) is 4.98 Å². The quantitative estimate of drug-likeness (QED) is 0.830. The first-order valence-electron chi connectivity index (χ1n) is 5.32. The molecule has 0 spiro atoms. The largest absolute Gasteiger partial charge is 0.369 e. The van der Waals surface area contributed by atoms with Crippen molar-refractivity contribution >= 4 is 28.9 Å². The molecule has 1 aliphatic heterocycles. The number of hydrogen-bond acceptors (Lipinski definition) is 5. The van der Waals surface area contributed by atoms with Crippen molar-refractivity contribution in [1.29, 1.82) is 0 Å². The SMILES string of the molecule is Cc1nc(CC(=O)C2CSCCO2)sc1C. The monoisotopic (exact) mass is 257 g/mol. The molecule has 0 aromatic carbocycles. The van der Waals surface area contributed by atoms with Crippen LogP contribution < -0.4 is 0 Å². The van der Waals surface area contributed by atoms with Crippen LogP contribution in [0.25, 0.3) is 0 Å². The minimum absolute atomic E-state index is 0.168. The number of aromatic nitrogens is 1. The standard InChI is InChI=1S/C11H15NO2S2/c1-7-8(2)16-11(12-7)5-9(13)10-6-15-4-3-14-10/h10H,3-6H2,1-2H3. The Hall–Kier alpha value is -0.390. The van der Waals surface area contributed by atoms with E-state index in [1.165, 1.54) is 4.88 Å². The number of nitrogens with zero attached hydrogens (tertiary/aromatic N) is 1. The highest BCUT2D eigenvalue weighted by molar-refractivity contribution is 7.99. The number of carbonyl (C=O) groups excluding carboxylic acids is 1. The van der Waals surface area contributed by atoms with Gasteiger partial charge < -0.3 is 4.74 Å². The Balaban J connectivity index is 1.95. The first-order chi connectivity index (χ1) is 7.66. The van der Waals surface area contributed by atoms with Crippen LogP contribution in [0.1, 0.15) is 15.6 Å². The van der Waals surface area contributed by atoms with Crippen LogP contribution >= 0.6 is 23.1 Å². The third-order valence-electron chi connectivity index (χ3n) is 2.57. The first-order valence-corrected chi connectivity index (χ1v) is 7.29. The average molecular weight is 257 g/mol. The van der Waals surface area contributed by atoms with Crippen molar-refractivity contribution in [3.05, 3.63) is 15.6 Å². The summed E-state index contributed by atoms with van der Waals surface area (Å²) in [5.74, 6) is 1.96. The highest BCUT2D eigenvalue weighted by Crippen LogP contribution is 2.19. The normalized spacial score (nSPS) is 21.0. The molecule has 0 aliphatic carbocycles. The van der Waals surface area contributed by atoms with Crippen molar-refractivity contribution in [1.82, 2.24) is 4.98 Å². The van der Waals surface area contributed by atoms with Crippen molar-refractivity contribution < 1.29 is 9.53 Å². The van der Waals surface area contributed by atoms with Gasteiger partial charge in [0.15, 0.2) is 5.78 Å². The van der Waals surface area contributed by atoms with Crippen LogP contribution in [0, 0.1) is 13.8 Å². The molecule has 1 fully saturated rings. The maximum atomic E-state index is 11.9. The zero-order valence-corrected chi connectivity index (χ0v) is 11.1. The van der Waals surface area contributed by atoms with E-state index in [1.807, 2.05) is 13.8 Å². The zero-order valence-electron chi connectivity index (χ0n) is 9.49. The number of ether oxygens (including phenoxy) is 1. The second kappa shape index (κ2) is 5.29. The number of carbonyl (C=O) groups is 1. The molecular formula is C11H15NO2S2. The number of thioether (sulfide) groups is 1. The van der Waals surface area contributed by atoms with Gasteiger partial charge >= 0.3 is 0 Å². The molecule has 88 valence electrons. The summed E-state index contributed by atoms with van der Waals surface area (Å²) in [5, 5.41) is 0.916. The van der Waals surface area contributed by atoms with Crippen LogP contribution in [-0.4, -0.2) is 35.0 Å². The van der Waals surface area contributed by atoms with E-state index in [9.17, 15) is 4.79 Å². The molecular weight excluding hydrogens is 242 g/mol. The van der Waals surface area contributed by atoms with Gasteiger partial charge in [0.1, 0.15) is 11.1 Å². The number of Topliss-reactive ketones (excluding diaryl/α,β-unsaturated/α-hetero) is 1. The molecule has 1 saturated heterocycles. The van der Waals surface area contributed by atoms with Gasteiger partial charge in [0.2, 0.25) is 0 Å². The topological polar surface area (TPSA) is 39.2 Å². The van der Waals surface area contributed by atoms with Crippen LogP contribution in [0.3, 0.4) is 0 Å². The Kier molecular flexibility index (Phi) is 4.00. The van der Waals surface area contributed by atoms with Gasteiger partial charge in [0.25, 0.3) is 0 Å².